The van der Waals surface area contributed by atoms with Crippen LogP contribution in [-0.2, 0) is 11.3 Å². The Balaban J connectivity index is 1.51. The first-order valence-electron chi connectivity index (χ1n) is 9.03. The summed E-state index contributed by atoms with van der Waals surface area (Å²) < 4.78 is 0. The molecule has 3 unspecified atom stereocenters. The van der Waals surface area contributed by atoms with Gasteiger partial charge in [0, 0.05) is 31.1 Å². The van der Waals surface area contributed by atoms with Gasteiger partial charge in [-0.1, -0.05) is 36.8 Å². The molecule has 3 N–H and O–H groups in total. The third kappa shape index (κ3) is 4.55. The maximum absolute atomic E-state index is 12.3. The standard InChI is InChI=1S/C19H29N3O/c20-17-10-9-16(12-17)19(23)21-13-18-8-4-5-11-22(18)14-15-6-2-1-3-7-15/h1-3,6-7,16-18H,4-5,8-14,20H2,(H,21,23). The topological polar surface area (TPSA) is 58.4 Å². The van der Waals surface area contributed by atoms with Gasteiger partial charge in [-0.05, 0) is 44.2 Å². The van der Waals surface area contributed by atoms with E-state index in [1.807, 2.05) is 0 Å². The summed E-state index contributed by atoms with van der Waals surface area (Å²) >= 11 is 0. The summed E-state index contributed by atoms with van der Waals surface area (Å²) in [7, 11) is 0. The van der Waals surface area contributed by atoms with Crippen molar-refractivity contribution in [1.82, 2.24) is 10.2 Å². The van der Waals surface area contributed by atoms with Crippen molar-refractivity contribution in [3.05, 3.63) is 35.9 Å². The third-order valence-electron chi connectivity index (χ3n) is 5.33. The number of nitrogens with one attached hydrogen (secondary N) is 1. The molecule has 1 aromatic carbocycles. The van der Waals surface area contributed by atoms with Crippen molar-refractivity contribution in [3.63, 3.8) is 0 Å². The molecule has 1 aromatic rings. The second kappa shape index (κ2) is 7.93. The van der Waals surface area contributed by atoms with E-state index >= 15 is 0 Å². The average Bonchev–Trinajstić information content (AvgIpc) is 3.01. The lowest BCUT2D eigenvalue weighted by Gasteiger charge is -2.36. The molecular weight excluding hydrogens is 286 g/mol. The number of nitrogens with zero attached hydrogens (tertiary/aromatic N) is 1. The molecule has 4 heteroatoms. The van der Waals surface area contributed by atoms with Gasteiger partial charge in [-0.2, -0.15) is 0 Å². The molecule has 23 heavy (non-hydrogen) atoms. The van der Waals surface area contributed by atoms with Gasteiger partial charge in [0.25, 0.3) is 0 Å². The summed E-state index contributed by atoms with van der Waals surface area (Å²) in [6.07, 6.45) is 6.49. The second-order valence-corrected chi connectivity index (χ2v) is 7.12. The maximum atomic E-state index is 12.3. The first-order chi connectivity index (χ1) is 11.2. The van der Waals surface area contributed by atoms with E-state index in [4.69, 9.17) is 5.73 Å². The van der Waals surface area contributed by atoms with Crippen LogP contribution in [0, 0.1) is 5.92 Å². The molecule has 1 saturated heterocycles. The molecule has 1 aliphatic carbocycles. The van der Waals surface area contributed by atoms with Gasteiger partial charge in [0.15, 0.2) is 0 Å². The number of hydrogen-bond donors (Lipinski definition) is 2. The number of benzene rings is 1. The van der Waals surface area contributed by atoms with Gasteiger partial charge in [0.1, 0.15) is 0 Å². The zero-order valence-corrected chi connectivity index (χ0v) is 13.9. The Bertz CT molecular complexity index is 505. The minimum atomic E-state index is 0.135. The SMILES string of the molecule is NC1CCC(C(=O)NCC2CCCCN2Cc2ccccc2)C1. The van der Waals surface area contributed by atoms with Crippen molar-refractivity contribution in [2.24, 2.45) is 11.7 Å². The van der Waals surface area contributed by atoms with Gasteiger partial charge in [-0.25, -0.2) is 0 Å². The van der Waals surface area contributed by atoms with Gasteiger partial charge in [0.2, 0.25) is 5.91 Å². The first kappa shape index (κ1) is 16.5. The summed E-state index contributed by atoms with van der Waals surface area (Å²) in [5, 5.41) is 3.19. The highest BCUT2D eigenvalue weighted by molar-refractivity contribution is 5.79. The Morgan fingerprint density at radius 1 is 1.17 bits per heavy atom. The molecule has 1 amide bonds. The fraction of sp³-hybridized carbons (Fsp3) is 0.632. The summed E-state index contributed by atoms with van der Waals surface area (Å²) in [6.45, 7) is 2.89. The highest BCUT2D eigenvalue weighted by atomic mass is 16.1. The van der Waals surface area contributed by atoms with Crippen molar-refractivity contribution in [1.29, 1.82) is 0 Å². The predicted octanol–water partition coefficient (Wildman–Crippen LogP) is 2.28. The predicted molar refractivity (Wildman–Crippen MR) is 92.8 cm³/mol. The highest BCUT2D eigenvalue weighted by Crippen LogP contribution is 2.24. The summed E-state index contributed by atoms with van der Waals surface area (Å²) in [5.41, 5.74) is 7.28. The van der Waals surface area contributed by atoms with E-state index in [2.05, 4.69) is 40.5 Å². The number of hydrogen-bond acceptors (Lipinski definition) is 3. The number of rotatable bonds is 5. The van der Waals surface area contributed by atoms with E-state index in [9.17, 15) is 4.79 Å². The van der Waals surface area contributed by atoms with Gasteiger partial charge >= 0.3 is 0 Å². The molecule has 2 fully saturated rings. The van der Waals surface area contributed by atoms with Crippen molar-refractivity contribution in [2.75, 3.05) is 13.1 Å². The molecule has 3 rings (SSSR count). The van der Waals surface area contributed by atoms with Crippen LogP contribution in [0.15, 0.2) is 30.3 Å². The molecule has 4 nitrogen and oxygen atoms in total. The van der Waals surface area contributed by atoms with Crippen LogP contribution < -0.4 is 11.1 Å². The molecular formula is C19H29N3O. The first-order valence-corrected chi connectivity index (χ1v) is 9.03. The lowest BCUT2D eigenvalue weighted by molar-refractivity contribution is -0.125. The van der Waals surface area contributed by atoms with Crippen LogP contribution >= 0.6 is 0 Å². The maximum Gasteiger partial charge on any atom is 0.223 e. The Labute approximate surface area is 139 Å². The molecule has 0 radical (unpaired) electrons. The number of piperidine rings is 1. The fourth-order valence-corrected chi connectivity index (χ4v) is 3.93. The van der Waals surface area contributed by atoms with Crippen LogP contribution in [0.2, 0.25) is 0 Å². The van der Waals surface area contributed by atoms with E-state index < -0.39 is 0 Å². The number of carbonyl (C=O) groups is 1. The molecule has 1 saturated carbocycles. The molecule has 1 aliphatic heterocycles. The van der Waals surface area contributed by atoms with E-state index in [-0.39, 0.29) is 17.9 Å². The molecule has 0 spiro atoms. The number of nitrogens with two attached hydrogens (primary N) is 1. The van der Waals surface area contributed by atoms with Crippen molar-refractivity contribution < 1.29 is 4.79 Å². The molecule has 0 bridgehead atoms. The van der Waals surface area contributed by atoms with E-state index in [1.165, 1.54) is 24.8 Å². The summed E-state index contributed by atoms with van der Waals surface area (Å²) in [6, 6.07) is 11.3. The van der Waals surface area contributed by atoms with Gasteiger partial charge in [-0.15, -0.1) is 0 Å². The number of amides is 1. The van der Waals surface area contributed by atoms with Crippen LogP contribution in [0.25, 0.3) is 0 Å². The third-order valence-corrected chi connectivity index (χ3v) is 5.33. The van der Waals surface area contributed by atoms with Gasteiger partial charge < -0.3 is 11.1 Å². The minimum Gasteiger partial charge on any atom is -0.354 e. The van der Waals surface area contributed by atoms with Crippen molar-refractivity contribution >= 4 is 5.91 Å². The Hall–Kier alpha value is -1.39. The van der Waals surface area contributed by atoms with Crippen LogP contribution in [-0.4, -0.2) is 36.0 Å². The molecule has 2 aliphatic rings. The summed E-state index contributed by atoms with van der Waals surface area (Å²) in [5.74, 6) is 0.347. The van der Waals surface area contributed by atoms with Crippen molar-refractivity contribution in [2.45, 2.75) is 57.2 Å². The van der Waals surface area contributed by atoms with Gasteiger partial charge in [-0.3, -0.25) is 9.69 Å². The van der Waals surface area contributed by atoms with E-state index in [0.717, 1.165) is 38.9 Å². The smallest absolute Gasteiger partial charge is 0.223 e. The monoisotopic (exact) mass is 315 g/mol. The minimum absolute atomic E-state index is 0.135. The quantitative estimate of drug-likeness (QED) is 0.876. The molecule has 0 aromatic heterocycles. The lowest BCUT2D eigenvalue weighted by atomic mass is 10.0. The normalized spacial score (nSPS) is 28.7. The molecule has 3 atom stereocenters. The summed E-state index contributed by atoms with van der Waals surface area (Å²) in [4.78, 5) is 14.8. The second-order valence-electron chi connectivity index (χ2n) is 7.12. The Morgan fingerprint density at radius 3 is 2.74 bits per heavy atom. The van der Waals surface area contributed by atoms with Crippen LogP contribution in [0.5, 0.6) is 0 Å². The zero-order chi connectivity index (χ0) is 16.1. The average molecular weight is 315 g/mol. The van der Waals surface area contributed by atoms with Crippen molar-refractivity contribution in [3.8, 4) is 0 Å². The fourth-order valence-electron chi connectivity index (χ4n) is 3.93. The van der Waals surface area contributed by atoms with Gasteiger partial charge in [0.05, 0.1) is 0 Å². The lowest BCUT2D eigenvalue weighted by Crippen LogP contribution is -2.47. The number of carbonyl (C=O) groups excluding carboxylic acids is 1. The Kier molecular flexibility index (Phi) is 5.68. The van der Waals surface area contributed by atoms with Crippen LogP contribution in [0.1, 0.15) is 44.1 Å². The van der Waals surface area contributed by atoms with Crippen LogP contribution in [0.3, 0.4) is 0 Å². The Morgan fingerprint density at radius 2 is 2.00 bits per heavy atom. The zero-order valence-electron chi connectivity index (χ0n) is 13.9. The van der Waals surface area contributed by atoms with E-state index in [1.54, 1.807) is 0 Å². The van der Waals surface area contributed by atoms with Crippen LogP contribution in [0.4, 0.5) is 0 Å². The molecule has 126 valence electrons. The molecule has 1 heterocycles. The highest BCUT2D eigenvalue weighted by Gasteiger charge is 2.29. The largest absolute Gasteiger partial charge is 0.354 e. The number of likely N-dealkylation sites (tertiary alicyclic amines) is 1. The van der Waals surface area contributed by atoms with E-state index in [0.29, 0.717) is 6.04 Å².